The van der Waals surface area contributed by atoms with Gasteiger partial charge in [0.2, 0.25) is 0 Å². The zero-order valence-corrected chi connectivity index (χ0v) is 10.5. The van der Waals surface area contributed by atoms with E-state index in [0.717, 1.165) is 25.1 Å². The van der Waals surface area contributed by atoms with Gasteiger partial charge in [0.05, 0.1) is 5.56 Å². The molecule has 0 aliphatic carbocycles. The fourth-order valence-electron chi connectivity index (χ4n) is 1.97. The molecule has 1 unspecified atom stereocenters. The van der Waals surface area contributed by atoms with Crippen molar-refractivity contribution in [3.63, 3.8) is 0 Å². The van der Waals surface area contributed by atoms with Crippen molar-refractivity contribution in [1.82, 2.24) is 14.6 Å². The van der Waals surface area contributed by atoms with Crippen LogP contribution in [0.1, 0.15) is 37.1 Å². The molecular formula is C12H15F3N4. The Kier molecular flexibility index (Phi) is 3.75. The molecule has 1 atom stereocenters. The lowest BCUT2D eigenvalue weighted by Crippen LogP contribution is -2.09. The average Bonchev–Trinajstić information content (AvgIpc) is 2.77. The summed E-state index contributed by atoms with van der Waals surface area (Å²) in [5, 5.41) is 7.86. The Morgan fingerprint density at radius 1 is 1.32 bits per heavy atom. The van der Waals surface area contributed by atoms with E-state index in [1.54, 1.807) is 0 Å². The van der Waals surface area contributed by atoms with Crippen LogP contribution in [-0.2, 0) is 6.18 Å². The van der Waals surface area contributed by atoms with Gasteiger partial charge in [0.25, 0.3) is 0 Å². The maximum Gasteiger partial charge on any atom is 0.417 e. The first kappa shape index (κ1) is 13.8. The highest BCUT2D eigenvalue weighted by Crippen LogP contribution is 2.30. The van der Waals surface area contributed by atoms with Crippen molar-refractivity contribution in [2.75, 3.05) is 6.54 Å². The number of nitrogens with two attached hydrogens (primary N) is 1. The minimum absolute atomic E-state index is 0.0158. The van der Waals surface area contributed by atoms with Crippen LogP contribution >= 0.6 is 0 Å². The number of alkyl halides is 3. The molecule has 0 saturated heterocycles. The number of hydrogen-bond donors (Lipinski definition) is 1. The lowest BCUT2D eigenvalue weighted by molar-refractivity contribution is -0.137. The molecule has 104 valence electrons. The maximum atomic E-state index is 12.7. The number of hydrogen-bond acceptors (Lipinski definition) is 3. The van der Waals surface area contributed by atoms with Gasteiger partial charge < -0.3 is 5.73 Å². The van der Waals surface area contributed by atoms with Crippen molar-refractivity contribution in [2.45, 2.75) is 31.9 Å². The Hall–Kier alpha value is -1.63. The van der Waals surface area contributed by atoms with Gasteiger partial charge in [0.1, 0.15) is 5.82 Å². The summed E-state index contributed by atoms with van der Waals surface area (Å²) in [5.74, 6) is 0.552. The lowest BCUT2D eigenvalue weighted by atomic mass is 10.1. The van der Waals surface area contributed by atoms with Crippen LogP contribution in [0.3, 0.4) is 0 Å². The summed E-state index contributed by atoms with van der Waals surface area (Å²) in [4.78, 5) is 0. The molecule has 0 aliphatic heterocycles. The highest BCUT2D eigenvalue weighted by Gasteiger charge is 2.31. The summed E-state index contributed by atoms with van der Waals surface area (Å²) >= 11 is 0. The molecule has 0 saturated carbocycles. The summed E-state index contributed by atoms with van der Waals surface area (Å²) < 4.78 is 39.5. The first-order valence-electron chi connectivity index (χ1n) is 6.05. The number of rotatable bonds is 4. The van der Waals surface area contributed by atoms with Gasteiger partial charge in [-0.2, -0.15) is 13.2 Å². The molecule has 0 fully saturated rings. The quantitative estimate of drug-likeness (QED) is 0.930. The van der Waals surface area contributed by atoms with E-state index in [0.29, 0.717) is 18.0 Å². The molecule has 2 aromatic heterocycles. The van der Waals surface area contributed by atoms with Gasteiger partial charge in [0.15, 0.2) is 5.65 Å². The third-order valence-corrected chi connectivity index (χ3v) is 3.04. The van der Waals surface area contributed by atoms with Crippen LogP contribution in [0, 0.1) is 0 Å². The summed E-state index contributed by atoms with van der Waals surface area (Å²) in [6, 6.07) is 2.34. The van der Waals surface area contributed by atoms with Crippen molar-refractivity contribution in [1.29, 1.82) is 0 Å². The first-order chi connectivity index (χ1) is 8.93. The Balaban J connectivity index is 2.40. The van der Waals surface area contributed by atoms with E-state index in [1.807, 2.05) is 6.92 Å². The van der Waals surface area contributed by atoms with Crippen molar-refractivity contribution < 1.29 is 13.2 Å². The normalized spacial score (nSPS) is 13.9. The number of fused-ring (bicyclic) bond motifs is 1. The lowest BCUT2D eigenvalue weighted by Gasteiger charge is -2.11. The maximum absolute atomic E-state index is 12.7. The third-order valence-electron chi connectivity index (χ3n) is 3.04. The molecule has 2 N–H and O–H groups in total. The van der Waals surface area contributed by atoms with Gasteiger partial charge in [0, 0.05) is 12.1 Å². The Morgan fingerprint density at radius 2 is 2.05 bits per heavy atom. The minimum Gasteiger partial charge on any atom is -0.330 e. The minimum atomic E-state index is -4.36. The standard InChI is InChI=1S/C12H15F3N4/c1-8(3-2-6-16)11-18-17-10-5-4-9(7-19(10)11)12(13,14)15/h4-5,7-8H,2-3,6,16H2,1H3. The van der Waals surface area contributed by atoms with E-state index in [2.05, 4.69) is 10.2 Å². The molecule has 0 bridgehead atoms. The first-order valence-corrected chi connectivity index (χ1v) is 6.05. The fourth-order valence-corrected chi connectivity index (χ4v) is 1.97. The molecule has 0 aliphatic rings. The van der Waals surface area contributed by atoms with Gasteiger partial charge in [-0.1, -0.05) is 6.92 Å². The molecule has 2 aromatic rings. The van der Waals surface area contributed by atoms with Crippen LogP contribution < -0.4 is 5.73 Å². The SMILES string of the molecule is CC(CCCN)c1nnc2ccc(C(F)(F)F)cn12. The van der Waals surface area contributed by atoms with E-state index in [9.17, 15) is 13.2 Å². The van der Waals surface area contributed by atoms with Crippen LogP contribution in [0.2, 0.25) is 0 Å². The Labute approximate surface area is 108 Å². The monoisotopic (exact) mass is 272 g/mol. The molecule has 0 amide bonds. The fraction of sp³-hybridized carbons (Fsp3) is 0.500. The van der Waals surface area contributed by atoms with E-state index in [4.69, 9.17) is 5.73 Å². The van der Waals surface area contributed by atoms with E-state index in [-0.39, 0.29) is 5.92 Å². The predicted octanol–water partition coefficient (Wildman–Crippen LogP) is 2.59. The van der Waals surface area contributed by atoms with E-state index < -0.39 is 11.7 Å². The second kappa shape index (κ2) is 5.16. The Bertz CT molecular complexity index is 562. The molecule has 7 heteroatoms. The zero-order valence-electron chi connectivity index (χ0n) is 10.5. The van der Waals surface area contributed by atoms with Crippen molar-refractivity contribution in [3.8, 4) is 0 Å². The molecule has 0 aromatic carbocycles. The number of halogens is 3. The van der Waals surface area contributed by atoms with Gasteiger partial charge >= 0.3 is 6.18 Å². The number of pyridine rings is 1. The number of nitrogens with zero attached hydrogens (tertiary/aromatic N) is 3. The van der Waals surface area contributed by atoms with Gasteiger partial charge in [-0.15, -0.1) is 10.2 Å². The number of aromatic nitrogens is 3. The van der Waals surface area contributed by atoms with Crippen molar-refractivity contribution in [2.24, 2.45) is 5.73 Å². The summed E-state index contributed by atoms with van der Waals surface area (Å²) in [5.41, 5.74) is 5.15. The highest BCUT2D eigenvalue weighted by molar-refractivity contribution is 5.40. The van der Waals surface area contributed by atoms with Crippen molar-refractivity contribution in [3.05, 3.63) is 29.7 Å². The molecule has 0 radical (unpaired) electrons. The van der Waals surface area contributed by atoms with Gasteiger partial charge in [-0.25, -0.2) is 0 Å². The second-order valence-electron chi connectivity index (χ2n) is 4.53. The third kappa shape index (κ3) is 2.86. The second-order valence-corrected chi connectivity index (χ2v) is 4.53. The van der Waals surface area contributed by atoms with E-state index >= 15 is 0 Å². The van der Waals surface area contributed by atoms with Crippen LogP contribution in [-0.4, -0.2) is 21.1 Å². The van der Waals surface area contributed by atoms with Gasteiger partial charge in [-0.05, 0) is 31.5 Å². The molecule has 2 heterocycles. The predicted molar refractivity (Wildman–Crippen MR) is 64.7 cm³/mol. The topological polar surface area (TPSA) is 56.2 Å². The highest BCUT2D eigenvalue weighted by atomic mass is 19.4. The molecular weight excluding hydrogens is 257 g/mol. The van der Waals surface area contributed by atoms with E-state index in [1.165, 1.54) is 10.5 Å². The Morgan fingerprint density at radius 3 is 2.68 bits per heavy atom. The van der Waals surface area contributed by atoms with Gasteiger partial charge in [-0.3, -0.25) is 4.40 Å². The zero-order chi connectivity index (χ0) is 14.0. The van der Waals surface area contributed by atoms with Crippen LogP contribution in [0.15, 0.2) is 18.3 Å². The smallest absolute Gasteiger partial charge is 0.330 e. The summed E-state index contributed by atoms with van der Waals surface area (Å²) in [6.45, 7) is 2.46. The average molecular weight is 272 g/mol. The van der Waals surface area contributed by atoms with Crippen LogP contribution in [0.25, 0.3) is 5.65 Å². The summed E-state index contributed by atoms with van der Waals surface area (Å²) in [6.07, 6.45) is -1.75. The van der Waals surface area contributed by atoms with Crippen LogP contribution in [0.4, 0.5) is 13.2 Å². The molecule has 19 heavy (non-hydrogen) atoms. The molecule has 0 spiro atoms. The molecule has 2 rings (SSSR count). The van der Waals surface area contributed by atoms with Crippen molar-refractivity contribution >= 4 is 5.65 Å². The largest absolute Gasteiger partial charge is 0.417 e. The van der Waals surface area contributed by atoms with Crippen LogP contribution in [0.5, 0.6) is 0 Å². The summed E-state index contributed by atoms with van der Waals surface area (Å²) in [7, 11) is 0. The molecule has 4 nitrogen and oxygen atoms in total.